The minimum atomic E-state index is -0.513. The molecule has 0 bridgehead atoms. The van der Waals surface area contributed by atoms with Gasteiger partial charge < -0.3 is 19.5 Å². The van der Waals surface area contributed by atoms with Gasteiger partial charge in [-0.15, -0.1) is 0 Å². The number of ketones is 1. The molecular weight excluding hydrogens is 358 g/mol. The molecule has 0 radical (unpaired) electrons. The number of allylic oxidation sites excluding steroid dienone is 3. The second-order valence-corrected chi connectivity index (χ2v) is 6.77. The first-order chi connectivity index (χ1) is 13.5. The van der Waals surface area contributed by atoms with E-state index in [1.165, 1.54) is 6.08 Å². The van der Waals surface area contributed by atoms with Crippen LogP contribution in [0.1, 0.15) is 37.7 Å². The summed E-state index contributed by atoms with van der Waals surface area (Å²) in [6.07, 6.45) is 3.56. The first kappa shape index (κ1) is 19.7. The lowest BCUT2D eigenvalue weighted by Gasteiger charge is -2.34. The number of benzene rings is 1. The number of dihydropyridines is 1. The van der Waals surface area contributed by atoms with Gasteiger partial charge in [-0.25, -0.2) is 4.79 Å². The monoisotopic (exact) mass is 383 g/mol. The van der Waals surface area contributed by atoms with Crippen molar-refractivity contribution in [1.82, 2.24) is 5.32 Å². The number of carbonyl (C=O) groups is 2. The van der Waals surface area contributed by atoms with Crippen LogP contribution in [0.25, 0.3) is 0 Å². The Kier molecular flexibility index (Phi) is 5.87. The molecule has 6 heteroatoms. The molecule has 1 aromatic rings. The van der Waals surface area contributed by atoms with Crippen LogP contribution in [0.15, 0.2) is 53.4 Å². The number of hydrogen-bond donors (Lipinski definition) is 1. The Bertz CT molecular complexity index is 881. The summed E-state index contributed by atoms with van der Waals surface area (Å²) in [5.41, 5.74) is 3.43. The van der Waals surface area contributed by atoms with Gasteiger partial charge in [-0.2, -0.15) is 0 Å². The summed E-state index contributed by atoms with van der Waals surface area (Å²) < 4.78 is 16.1. The van der Waals surface area contributed by atoms with Crippen molar-refractivity contribution in [2.75, 3.05) is 20.8 Å². The van der Waals surface area contributed by atoms with Crippen molar-refractivity contribution in [1.29, 1.82) is 0 Å². The Morgan fingerprint density at radius 3 is 2.68 bits per heavy atom. The van der Waals surface area contributed by atoms with Gasteiger partial charge in [-0.3, -0.25) is 4.79 Å². The highest BCUT2D eigenvalue weighted by molar-refractivity contribution is 6.03. The van der Waals surface area contributed by atoms with Crippen LogP contribution >= 0.6 is 0 Å². The number of esters is 1. The molecule has 0 saturated heterocycles. The third-order valence-corrected chi connectivity index (χ3v) is 5.07. The van der Waals surface area contributed by atoms with E-state index in [1.54, 1.807) is 20.3 Å². The average molecular weight is 383 g/mol. The van der Waals surface area contributed by atoms with Crippen LogP contribution in [0.2, 0.25) is 0 Å². The van der Waals surface area contributed by atoms with Gasteiger partial charge in [0, 0.05) is 29.3 Å². The third-order valence-electron chi connectivity index (χ3n) is 5.07. The van der Waals surface area contributed by atoms with Crippen molar-refractivity contribution in [2.45, 2.75) is 32.1 Å². The van der Waals surface area contributed by atoms with E-state index in [0.29, 0.717) is 34.8 Å². The molecule has 6 nitrogen and oxygen atoms in total. The van der Waals surface area contributed by atoms with Crippen LogP contribution in [-0.4, -0.2) is 32.6 Å². The van der Waals surface area contributed by atoms with Crippen molar-refractivity contribution >= 4 is 11.8 Å². The standard InChI is InChI=1S/C22H25NO5/c1-5-11-28-22(25)19-13(2)23-15-7-6-8-16(24)21(15)20(19)14-9-10-17(26-3)18(12-14)27-4/h5,9-10,12,20,23H,1,6-8,11H2,2-4H3/t20-/m1/s1. The van der Waals surface area contributed by atoms with E-state index in [0.717, 1.165) is 24.1 Å². The molecule has 1 aliphatic carbocycles. The fourth-order valence-electron chi connectivity index (χ4n) is 3.83. The number of carbonyl (C=O) groups excluding carboxylic acids is 2. The molecule has 1 aliphatic heterocycles. The Morgan fingerprint density at radius 1 is 1.25 bits per heavy atom. The van der Waals surface area contributed by atoms with Crippen molar-refractivity contribution in [3.8, 4) is 11.5 Å². The largest absolute Gasteiger partial charge is 0.493 e. The van der Waals surface area contributed by atoms with Crippen LogP contribution in [0, 0.1) is 0 Å². The topological polar surface area (TPSA) is 73.9 Å². The summed E-state index contributed by atoms with van der Waals surface area (Å²) in [4.78, 5) is 25.7. The zero-order valence-corrected chi connectivity index (χ0v) is 16.5. The molecule has 0 fully saturated rings. The Balaban J connectivity index is 2.15. The molecule has 1 N–H and O–H groups in total. The first-order valence-electron chi connectivity index (χ1n) is 9.25. The fourth-order valence-corrected chi connectivity index (χ4v) is 3.83. The maximum Gasteiger partial charge on any atom is 0.337 e. The van der Waals surface area contributed by atoms with Crippen LogP contribution in [0.4, 0.5) is 0 Å². The average Bonchev–Trinajstić information content (AvgIpc) is 2.70. The second-order valence-electron chi connectivity index (χ2n) is 6.77. The Morgan fingerprint density at radius 2 is 2.00 bits per heavy atom. The van der Waals surface area contributed by atoms with Gasteiger partial charge in [0.25, 0.3) is 0 Å². The number of nitrogens with one attached hydrogen (secondary N) is 1. The molecule has 0 spiro atoms. The van der Waals surface area contributed by atoms with Crippen molar-refractivity contribution in [3.05, 3.63) is 59.0 Å². The third kappa shape index (κ3) is 3.54. The predicted octanol–water partition coefficient (Wildman–Crippen LogP) is 3.40. The maximum absolute atomic E-state index is 12.9. The summed E-state index contributed by atoms with van der Waals surface area (Å²) in [5, 5.41) is 3.26. The van der Waals surface area contributed by atoms with Crippen molar-refractivity contribution in [2.24, 2.45) is 0 Å². The van der Waals surface area contributed by atoms with Gasteiger partial charge >= 0.3 is 5.97 Å². The van der Waals surface area contributed by atoms with Crippen molar-refractivity contribution < 1.29 is 23.8 Å². The van der Waals surface area contributed by atoms with E-state index < -0.39 is 11.9 Å². The molecule has 0 saturated carbocycles. The van der Waals surface area contributed by atoms with Gasteiger partial charge in [0.1, 0.15) is 6.61 Å². The maximum atomic E-state index is 12.9. The van der Waals surface area contributed by atoms with E-state index in [4.69, 9.17) is 14.2 Å². The number of rotatable bonds is 6. The molecule has 28 heavy (non-hydrogen) atoms. The number of Topliss-reactive ketones (excluding diaryl/α,β-unsaturated/α-hetero) is 1. The zero-order chi connectivity index (χ0) is 20.3. The molecule has 0 amide bonds. The number of hydrogen-bond acceptors (Lipinski definition) is 6. The van der Waals surface area contributed by atoms with E-state index in [9.17, 15) is 9.59 Å². The van der Waals surface area contributed by atoms with E-state index >= 15 is 0 Å². The van der Waals surface area contributed by atoms with Crippen LogP contribution in [-0.2, 0) is 14.3 Å². The smallest absolute Gasteiger partial charge is 0.337 e. The van der Waals surface area contributed by atoms with Crippen LogP contribution in [0.5, 0.6) is 11.5 Å². The van der Waals surface area contributed by atoms with Gasteiger partial charge in [0.15, 0.2) is 17.3 Å². The zero-order valence-electron chi connectivity index (χ0n) is 16.5. The molecule has 3 rings (SSSR count). The predicted molar refractivity (Wildman–Crippen MR) is 105 cm³/mol. The normalized spacial score (nSPS) is 19.0. The lowest BCUT2D eigenvalue weighted by atomic mass is 9.75. The van der Waals surface area contributed by atoms with Gasteiger partial charge in [0.05, 0.1) is 19.8 Å². The summed E-state index contributed by atoms with van der Waals surface area (Å²) in [5.74, 6) is 0.201. The highest BCUT2D eigenvalue weighted by atomic mass is 16.5. The summed E-state index contributed by atoms with van der Waals surface area (Å²) >= 11 is 0. The lowest BCUT2D eigenvalue weighted by Crippen LogP contribution is -2.34. The van der Waals surface area contributed by atoms with E-state index in [2.05, 4.69) is 11.9 Å². The SMILES string of the molecule is C=CCOC(=O)C1=C(C)NC2=C(C(=O)CCC2)[C@@H]1c1ccc(OC)c(OC)c1. The molecule has 0 aromatic heterocycles. The van der Waals surface area contributed by atoms with Gasteiger partial charge in [-0.05, 0) is 37.5 Å². The fraction of sp³-hybridized carbons (Fsp3) is 0.364. The molecule has 2 aliphatic rings. The van der Waals surface area contributed by atoms with Crippen LogP contribution in [0.3, 0.4) is 0 Å². The minimum Gasteiger partial charge on any atom is -0.493 e. The summed E-state index contributed by atoms with van der Waals surface area (Å²) in [6.45, 7) is 5.53. The van der Waals surface area contributed by atoms with Gasteiger partial charge in [-0.1, -0.05) is 18.7 Å². The highest BCUT2D eigenvalue weighted by Crippen LogP contribution is 2.44. The molecule has 1 atom stereocenters. The molecule has 148 valence electrons. The van der Waals surface area contributed by atoms with Crippen molar-refractivity contribution in [3.63, 3.8) is 0 Å². The van der Waals surface area contributed by atoms with Gasteiger partial charge in [0.2, 0.25) is 0 Å². The second kappa shape index (κ2) is 8.33. The lowest BCUT2D eigenvalue weighted by molar-refractivity contribution is -0.138. The quantitative estimate of drug-likeness (QED) is 0.600. The highest BCUT2D eigenvalue weighted by Gasteiger charge is 2.39. The summed E-state index contributed by atoms with van der Waals surface area (Å²) in [6, 6.07) is 5.46. The van der Waals surface area contributed by atoms with E-state index in [-0.39, 0.29) is 12.4 Å². The molecule has 1 heterocycles. The molecule has 1 aromatic carbocycles. The summed E-state index contributed by atoms with van der Waals surface area (Å²) in [7, 11) is 3.12. The Hall–Kier alpha value is -3.02. The first-order valence-corrected chi connectivity index (χ1v) is 9.25. The number of methoxy groups -OCH3 is 2. The minimum absolute atomic E-state index is 0.0510. The molecular formula is C22H25NO5. The molecule has 0 unspecified atom stereocenters. The van der Waals surface area contributed by atoms with E-state index in [1.807, 2.05) is 19.1 Å². The Labute approximate surface area is 164 Å². The number of ether oxygens (including phenoxy) is 3. The van der Waals surface area contributed by atoms with Crippen LogP contribution < -0.4 is 14.8 Å².